The summed E-state index contributed by atoms with van der Waals surface area (Å²) in [5.41, 5.74) is 4.61. The van der Waals surface area contributed by atoms with Crippen LogP contribution in [-0.2, 0) is 24.1 Å². The van der Waals surface area contributed by atoms with Gasteiger partial charge in [-0.15, -0.1) is 0 Å². The molecule has 20 heavy (non-hydrogen) atoms. The van der Waals surface area contributed by atoms with Gasteiger partial charge >= 0.3 is 5.97 Å². The number of aliphatic carboxylic acids is 1. The minimum Gasteiger partial charge on any atom is -0.495 e. The van der Waals surface area contributed by atoms with Crippen LogP contribution in [0.4, 0.5) is 0 Å². The van der Waals surface area contributed by atoms with E-state index < -0.39 is 11.9 Å². The third kappa shape index (κ3) is 2.64. The summed E-state index contributed by atoms with van der Waals surface area (Å²) in [4.78, 5) is 11.1. The molecule has 0 aliphatic heterocycles. The van der Waals surface area contributed by atoms with Crippen molar-refractivity contribution in [3.05, 3.63) is 27.3 Å². The number of rotatable bonds is 4. The second-order valence-electron chi connectivity index (χ2n) is 5.56. The fraction of sp³-hybridized carbons (Fsp3) is 0.562. The molecule has 0 saturated carbocycles. The average Bonchev–Trinajstić information content (AvgIpc) is 2.44. The lowest BCUT2D eigenvalue weighted by Gasteiger charge is -2.25. The fourth-order valence-electron chi connectivity index (χ4n) is 3.04. The second kappa shape index (κ2) is 6.04. The Kier molecular flexibility index (Phi) is 4.59. The molecule has 1 aromatic carbocycles. The molecule has 1 aliphatic rings. The Morgan fingerprint density at radius 2 is 1.95 bits per heavy atom. The van der Waals surface area contributed by atoms with Crippen LogP contribution in [0.1, 0.15) is 42.0 Å². The zero-order chi connectivity index (χ0) is 14.9. The fourth-order valence-corrected chi connectivity index (χ4v) is 3.44. The normalized spacial score (nSPS) is 15.6. The molecule has 1 atom stereocenters. The number of carbonyl (C=O) groups is 1. The van der Waals surface area contributed by atoms with E-state index in [1.165, 1.54) is 17.5 Å². The molecule has 0 spiro atoms. The van der Waals surface area contributed by atoms with Crippen molar-refractivity contribution < 1.29 is 14.6 Å². The number of carboxylic acids is 1. The van der Waals surface area contributed by atoms with Gasteiger partial charge in [-0.2, -0.15) is 0 Å². The molecular weight excluding hydrogens is 276 g/mol. The van der Waals surface area contributed by atoms with Crippen LogP contribution in [0.5, 0.6) is 5.75 Å². The topological polar surface area (TPSA) is 46.5 Å². The van der Waals surface area contributed by atoms with Crippen LogP contribution in [0.3, 0.4) is 0 Å². The van der Waals surface area contributed by atoms with Crippen LogP contribution in [0.15, 0.2) is 0 Å². The van der Waals surface area contributed by atoms with E-state index in [0.717, 1.165) is 30.4 Å². The summed E-state index contributed by atoms with van der Waals surface area (Å²) >= 11 is 6.49. The second-order valence-corrected chi connectivity index (χ2v) is 5.94. The summed E-state index contributed by atoms with van der Waals surface area (Å²) in [6.45, 7) is 3.78. The molecule has 1 unspecified atom stereocenters. The minimum absolute atomic E-state index is 0.444. The Bertz CT molecular complexity index is 537. The van der Waals surface area contributed by atoms with Crippen molar-refractivity contribution in [2.45, 2.75) is 46.0 Å². The number of hydrogen-bond acceptors (Lipinski definition) is 2. The quantitative estimate of drug-likeness (QED) is 0.919. The maximum absolute atomic E-state index is 11.1. The van der Waals surface area contributed by atoms with Crippen LogP contribution in [0, 0.1) is 12.8 Å². The predicted molar refractivity (Wildman–Crippen MR) is 79.9 cm³/mol. The van der Waals surface area contributed by atoms with Gasteiger partial charge in [-0.25, -0.2) is 0 Å². The highest BCUT2D eigenvalue weighted by atomic mass is 35.5. The molecule has 110 valence electrons. The van der Waals surface area contributed by atoms with Crippen LogP contribution in [-0.4, -0.2) is 18.2 Å². The van der Waals surface area contributed by atoms with Crippen molar-refractivity contribution in [3.63, 3.8) is 0 Å². The zero-order valence-corrected chi connectivity index (χ0v) is 13.0. The highest BCUT2D eigenvalue weighted by Gasteiger charge is 2.25. The molecule has 0 saturated heterocycles. The minimum atomic E-state index is -0.791. The Balaban J connectivity index is 2.54. The highest BCUT2D eigenvalue weighted by Crippen LogP contribution is 2.41. The van der Waals surface area contributed by atoms with E-state index in [1.54, 1.807) is 14.0 Å². The molecule has 0 fully saturated rings. The maximum Gasteiger partial charge on any atom is 0.306 e. The lowest BCUT2D eigenvalue weighted by atomic mass is 9.84. The van der Waals surface area contributed by atoms with Gasteiger partial charge < -0.3 is 9.84 Å². The lowest BCUT2D eigenvalue weighted by Crippen LogP contribution is -2.16. The molecule has 0 amide bonds. The largest absolute Gasteiger partial charge is 0.495 e. The summed E-state index contributed by atoms with van der Waals surface area (Å²) in [6, 6.07) is 0. The smallest absolute Gasteiger partial charge is 0.306 e. The van der Waals surface area contributed by atoms with Gasteiger partial charge in [-0.1, -0.05) is 18.5 Å². The molecular formula is C16H21ClO3. The first-order chi connectivity index (χ1) is 9.47. The van der Waals surface area contributed by atoms with Gasteiger partial charge in [0.05, 0.1) is 18.1 Å². The van der Waals surface area contributed by atoms with E-state index in [2.05, 4.69) is 6.92 Å². The highest BCUT2D eigenvalue weighted by molar-refractivity contribution is 6.33. The Morgan fingerprint density at radius 3 is 2.50 bits per heavy atom. The van der Waals surface area contributed by atoms with Crippen molar-refractivity contribution in [2.75, 3.05) is 7.11 Å². The van der Waals surface area contributed by atoms with Crippen molar-refractivity contribution in [2.24, 2.45) is 5.92 Å². The summed E-state index contributed by atoms with van der Waals surface area (Å²) in [5, 5.41) is 9.81. The molecule has 0 radical (unpaired) electrons. The van der Waals surface area contributed by atoms with Crippen LogP contribution in [0.2, 0.25) is 5.02 Å². The molecule has 3 nitrogen and oxygen atoms in total. The van der Waals surface area contributed by atoms with Crippen molar-refractivity contribution >= 4 is 17.6 Å². The molecule has 2 rings (SSSR count). The van der Waals surface area contributed by atoms with Gasteiger partial charge in [0, 0.05) is 0 Å². The van der Waals surface area contributed by atoms with Crippen LogP contribution < -0.4 is 4.74 Å². The average molecular weight is 297 g/mol. The summed E-state index contributed by atoms with van der Waals surface area (Å²) in [5.74, 6) is -0.571. The number of fused-ring (bicyclic) bond motifs is 1. The number of methoxy groups -OCH3 is 1. The van der Waals surface area contributed by atoms with E-state index in [4.69, 9.17) is 21.4 Å². The molecule has 1 aliphatic carbocycles. The standard InChI is InChI=1S/C16H21ClO3/c1-9(16(18)19)8-13-10(2)11-6-4-5-7-12(11)14(17)15(13)20-3/h9H,4-8H2,1-3H3,(H,18,19). The number of halogens is 1. The van der Waals surface area contributed by atoms with Crippen LogP contribution in [0.25, 0.3) is 0 Å². The molecule has 0 bridgehead atoms. The van der Waals surface area contributed by atoms with E-state index in [-0.39, 0.29) is 0 Å². The van der Waals surface area contributed by atoms with Gasteiger partial charge in [0.25, 0.3) is 0 Å². The predicted octanol–water partition coefficient (Wildman–Crippen LogP) is 3.80. The number of hydrogen-bond donors (Lipinski definition) is 1. The van der Waals surface area contributed by atoms with Gasteiger partial charge in [0.1, 0.15) is 5.75 Å². The van der Waals surface area contributed by atoms with E-state index >= 15 is 0 Å². The Labute approximate surface area is 124 Å². The van der Waals surface area contributed by atoms with Gasteiger partial charge in [0.15, 0.2) is 0 Å². The summed E-state index contributed by atoms with van der Waals surface area (Å²) < 4.78 is 5.48. The Morgan fingerprint density at radius 1 is 1.35 bits per heavy atom. The first kappa shape index (κ1) is 15.2. The zero-order valence-electron chi connectivity index (χ0n) is 12.3. The lowest BCUT2D eigenvalue weighted by molar-refractivity contribution is -0.141. The van der Waals surface area contributed by atoms with E-state index in [9.17, 15) is 4.79 Å². The van der Waals surface area contributed by atoms with Crippen LogP contribution >= 0.6 is 11.6 Å². The third-order valence-corrected chi connectivity index (χ3v) is 4.65. The maximum atomic E-state index is 11.1. The molecule has 0 aromatic heterocycles. The van der Waals surface area contributed by atoms with E-state index in [1.807, 2.05) is 0 Å². The van der Waals surface area contributed by atoms with Gasteiger partial charge in [-0.3, -0.25) is 4.79 Å². The van der Waals surface area contributed by atoms with Crippen molar-refractivity contribution in [1.29, 1.82) is 0 Å². The Hall–Kier alpha value is -1.22. The molecule has 1 N–H and O–H groups in total. The molecule has 4 heteroatoms. The molecule has 0 heterocycles. The monoisotopic (exact) mass is 296 g/mol. The summed E-state index contributed by atoms with van der Waals surface area (Å²) in [6.07, 6.45) is 4.79. The van der Waals surface area contributed by atoms with Gasteiger partial charge in [0.2, 0.25) is 0 Å². The van der Waals surface area contributed by atoms with Gasteiger partial charge in [-0.05, 0) is 61.3 Å². The number of benzene rings is 1. The first-order valence-corrected chi connectivity index (χ1v) is 7.44. The third-order valence-electron chi connectivity index (χ3n) is 4.25. The van der Waals surface area contributed by atoms with E-state index in [0.29, 0.717) is 17.2 Å². The number of ether oxygens (including phenoxy) is 1. The SMILES string of the molecule is COc1c(Cl)c2c(c(C)c1CC(C)C(=O)O)CCCC2. The first-order valence-electron chi connectivity index (χ1n) is 7.06. The van der Waals surface area contributed by atoms with Crippen molar-refractivity contribution in [1.82, 2.24) is 0 Å². The molecule has 1 aromatic rings. The van der Waals surface area contributed by atoms with Crippen molar-refractivity contribution in [3.8, 4) is 5.75 Å². The number of carboxylic acid groups (broad SMARTS) is 1. The summed E-state index contributed by atoms with van der Waals surface area (Å²) in [7, 11) is 1.60.